The van der Waals surface area contributed by atoms with Gasteiger partial charge in [-0.1, -0.05) is 48.5 Å². The van der Waals surface area contributed by atoms with E-state index in [1.54, 1.807) is 36.4 Å². The summed E-state index contributed by atoms with van der Waals surface area (Å²) in [6.07, 6.45) is -1.31. The Labute approximate surface area is 220 Å². The van der Waals surface area contributed by atoms with E-state index in [9.17, 15) is 14.7 Å². The quantitative estimate of drug-likeness (QED) is 0.477. The molecule has 1 N–H and O–H groups in total. The van der Waals surface area contributed by atoms with Gasteiger partial charge in [0, 0.05) is 37.3 Å². The first-order valence-corrected chi connectivity index (χ1v) is 12.7. The molecule has 1 saturated heterocycles. The number of aliphatic hydroxyl groups excluding tert-OH is 1. The summed E-state index contributed by atoms with van der Waals surface area (Å²) in [7, 11) is 0. The zero-order chi connectivity index (χ0) is 26.5. The first kappa shape index (κ1) is 25.7. The molecular weight excluding hydrogens is 489 g/mol. The molecule has 38 heavy (non-hydrogen) atoms. The fraction of sp³-hybridized carbons (Fsp3) is 0.310. The molecule has 0 radical (unpaired) electrons. The number of rotatable bonds is 8. The lowest BCUT2D eigenvalue weighted by molar-refractivity contribution is 0.0175. The third kappa shape index (κ3) is 5.49. The minimum Gasteiger partial charge on any atom is -0.444 e. The third-order valence-electron chi connectivity index (χ3n) is 6.83. The molecule has 9 heteroatoms. The smallest absolute Gasteiger partial charge is 0.414 e. The molecule has 1 atom stereocenters. The van der Waals surface area contributed by atoms with Gasteiger partial charge < -0.3 is 24.4 Å². The van der Waals surface area contributed by atoms with Crippen molar-refractivity contribution in [2.45, 2.75) is 19.3 Å². The number of anilines is 2. The van der Waals surface area contributed by atoms with Gasteiger partial charge >= 0.3 is 6.09 Å². The fourth-order valence-electron chi connectivity index (χ4n) is 4.82. The van der Waals surface area contributed by atoms with Crippen molar-refractivity contribution in [1.82, 2.24) is 4.90 Å². The Morgan fingerprint density at radius 3 is 2.53 bits per heavy atom. The van der Waals surface area contributed by atoms with Gasteiger partial charge in [-0.3, -0.25) is 9.69 Å². The van der Waals surface area contributed by atoms with Crippen LogP contribution in [0.2, 0.25) is 0 Å². The fourth-order valence-corrected chi connectivity index (χ4v) is 4.82. The lowest BCUT2D eigenvalue weighted by Gasteiger charge is -2.30. The molecule has 0 aliphatic carbocycles. The first-order chi connectivity index (χ1) is 18.5. The number of hydrogen-bond donors (Lipinski definition) is 1. The van der Waals surface area contributed by atoms with E-state index in [4.69, 9.17) is 9.47 Å². The van der Waals surface area contributed by atoms with Crippen LogP contribution < -0.4 is 9.80 Å². The highest BCUT2D eigenvalue weighted by molar-refractivity contribution is 5.98. The molecule has 3 aromatic rings. The van der Waals surface area contributed by atoms with E-state index in [2.05, 4.69) is 0 Å². The minimum atomic E-state index is -1.04. The number of benzene rings is 3. The van der Waals surface area contributed by atoms with Crippen LogP contribution in [0, 0.1) is 5.82 Å². The molecule has 0 saturated carbocycles. The van der Waals surface area contributed by atoms with Gasteiger partial charge in [-0.25, -0.2) is 9.18 Å². The number of nitrogens with zero attached hydrogens (tertiary/aromatic N) is 3. The lowest BCUT2D eigenvalue weighted by Crippen LogP contribution is -2.37. The number of carbonyl (C=O) groups is 2. The van der Waals surface area contributed by atoms with Gasteiger partial charge in [0.25, 0.3) is 5.91 Å². The van der Waals surface area contributed by atoms with E-state index in [0.29, 0.717) is 55.2 Å². The van der Waals surface area contributed by atoms with E-state index < -0.39 is 18.1 Å². The number of carbonyl (C=O) groups excluding carboxylic acids is 2. The molecule has 2 heterocycles. The van der Waals surface area contributed by atoms with Crippen molar-refractivity contribution in [3.05, 3.63) is 95.3 Å². The van der Waals surface area contributed by atoms with Crippen LogP contribution in [0.15, 0.2) is 72.8 Å². The van der Waals surface area contributed by atoms with Crippen LogP contribution >= 0.6 is 0 Å². The van der Waals surface area contributed by atoms with Crippen molar-refractivity contribution >= 4 is 23.4 Å². The average molecular weight is 520 g/mol. The van der Waals surface area contributed by atoms with Gasteiger partial charge in [0.15, 0.2) is 6.23 Å². The number of amides is 2. The number of hydrogen-bond acceptors (Lipinski definition) is 6. The summed E-state index contributed by atoms with van der Waals surface area (Å²) >= 11 is 0. The van der Waals surface area contributed by atoms with Crippen molar-refractivity contribution < 1.29 is 28.6 Å². The summed E-state index contributed by atoms with van der Waals surface area (Å²) in [6, 6.07) is 20.9. The number of morpholine rings is 1. The molecule has 0 spiro atoms. The minimum absolute atomic E-state index is 0.0726. The second-order valence-corrected chi connectivity index (χ2v) is 9.24. The Balaban J connectivity index is 1.30. The molecule has 0 bridgehead atoms. The van der Waals surface area contributed by atoms with Crippen LogP contribution in [0.5, 0.6) is 0 Å². The van der Waals surface area contributed by atoms with Crippen molar-refractivity contribution in [2.75, 3.05) is 49.2 Å². The van der Waals surface area contributed by atoms with Crippen molar-refractivity contribution in [3.63, 3.8) is 0 Å². The second-order valence-electron chi connectivity index (χ2n) is 9.24. The summed E-state index contributed by atoms with van der Waals surface area (Å²) < 4.78 is 26.1. The topological polar surface area (TPSA) is 82.5 Å². The van der Waals surface area contributed by atoms with Gasteiger partial charge in [0.05, 0.1) is 24.6 Å². The van der Waals surface area contributed by atoms with Gasteiger partial charge in [-0.05, 0) is 36.2 Å². The summed E-state index contributed by atoms with van der Waals surface area (Å²) in [6.45, 7) is 2.70. The maximum atomic E-state index is 15.2. The van der Waals surface area contributed by atoms with Gasteiger partial charge in [-0.2, -0.15) is 0 Å². The van der Waals surface area contributed by atoms with Crippen LogP contribution in [0.25, 0.3) is 0 Å². The Hall–Kier alpha value is -3.95. The van der Waals surface area contributed by atoms with Crippen LogP contribution in [-0.4, -0.2) is 61.4 Å². The Bertz CT molecular complexity index is 1280. The van der Waals surface area contributed by atoms with E-state index >= 15 is 4.39 Å². The van der Waals surface area contributed by atoms with Crippen LogP contribution in [-0.2, 0) is 16.1 Å². The Morgan fingerprint density at radius 1 is 1.05 bits per heavy atom. The largest absolute Gasteiger partial charge is 0.444 e. The van der Waals surface area contributed by atoms with Crippen LogP contribution in [0.3, 0.4) is 0 Å². The van der Waals surface area contributed by atoms with Crippen molar-refractivity contribution in [1.29, 1.82) is 0 Å². The zero-order valence-corrected chi connectivity index (χ0v) is 21.0. The number of aliphatic hydroxyl groups is 1. The molecule has 1 unspecified atom stereocenters. The van der Waals surface area contributed by atoms with E-state index in [1.807, 2.05) is 35.2 Å². The van der Waals surface area contributed by atoms with Gasteiger partial charge in [0.1, 0.15) is 12.4 Å². The first-order valence-electron chi connectivity index (χ1n) is 12.7. The highest BCUT2D eigenvalue weighted by Crippen LogP contribution is 2.32. The van der Waals surface area contributed by atoms with Crippen LogP contribution in [0.4, 0.5) is 20.6 Å². The van der Waals surface area contributed by atoms with E-state index in [1.165, 1.54) is 15.9 Å². The SMILES string of the molecule is O=C(OCc1ccccc1)N(CCCN1C(=O)c2ccccc2C1O)c1ccc(N2CCOCC2)c(F)c1. The van der Waals surface area contributed by atoms with Crippen molar-refractivity contribution in [3.8, 4) is 0 Å². The predicted octanol–water partition coefficient (Wildman–Crippen LogP) is 4.34. The molecule has 2 amide bonds. The maximum absolute atomic E-state index is 15.2. The summed E-state index contributed by atoms with van der Waals surface area (Å²) in [5.41, 5.74) is 2.68. The molecule has 2 aliphatic rings. The summed E-state index contributed by atoms with van der Waals surface area (Å²) in [5.74, 6) is -0.696. The van der Waals surface area contributed by atoms with Gasteiger partial charge in [0.2, 0.25) is 0 Å². The molecule has 8 nitrogen and oxygen atoms in total. The zero-order valence-electron chi connectivity index (χ0n) is 21.0. The normalized spacial score (nSPS) is 16.9. The molecule has 3 aromatic carbocycles. The third-order valence-corrected chi connectivity index (χ3v) is 6.83. The second kappa shape index (κ2) is 11.6. The average Bonchev–Trinajstić information content (AvgIpc) is 3.20. The molecule has 5 rings (SSSR count). The molecule has 198 valence electrons. The number of halogens is 1. The maximum Gasteiger partial charge on any atom is 0.414 e. The lowest BCUT2D eigenvalue weighted by atomic mass is 10.1. The molecular formula is C29H30FN3O5. The van der Waals surface area contributed by atoms with E-state index in [0.717, 1.165) is 5.56 Å². The molecule has 0 aromatic heterocycles. The standard InChI is InChI=1S/C29H30FN3O5/c30-25-19-22(11-12-26(25)31-15-17-37-18-16-31)32(29(36)38-20-21-7-2-1-3-8-21)13-6-14-33-27(34)23-9-4-5-10-24(23)28(33)35/h1-5,7-12,19,27,34H,6,13-18,20H2. The predicted molar refractivity (Wildman–Crippen MR) is 140 cm³/mol. The van der Waals surface area contributed by atoms with Crippen molar-refractivity contribution in [2.24, 2.45) is 0 Å². The monoisotopic (exact) mass is 519 g/mol. The highest BCUT2D eigenvalue weighted by atomic mass is 19.1. The summed E-state index contributed by atoms with van der Waals surface area (Å²) in [5, 5.41) is 10.6. The van der Waals surface area contributed by atoms with Crippen LogP contribution in [0.1, 0.15) is 34.1 Å². The number of fused-ring (bicyclic) bond motifs is 1. The number of ether oxygens (including phenoxy) is 2. The van der Waals surface area contributed by atoms with Gasteiger partial charge in [-0.15, -0.1) is 0 Å². The van der Waals surface area contributed by atoms with E-state index in [-0.39, 0.29) is 25.6 Å². The Morgan fingerprint density at radius 2 is 1.79 bits per heavy atom. The molecule has 1 fully saturated rings. The molecule has 2 aliphatic heterocycles. The highest BCUT2D eigenvalue weighted by Gasteiger charge is 2.34. The summed E-state index contributed by atoms with van der Waals surface area (Å²) in [4.78, 5) is 30.6. The Kier molecular flexibility index (Phi) is 7.86.